The van der Waals surface area contributed by atoms with Crippen LogP contribution in [0.25, 0.3) is 0 Å². The molecule has 1 N–H and O–H groups in total. The molecule has 0 aliphatic heterocycles. The summed E-state index contributed by atoms with van der Waals surface area (Å²) in [7, 11) is 1.13. The van der Waals surface area contributed by atoms with Crippen molar-refractivity contribution in [1.82, 2.24) is 0 Å². The number of methoxy groups -OCH3 is 1. The number of nitro groups is 1. The number of anilines is 1. The molecule has 0 saturated heterocycles. The van der Waals surface area contributed by atoms with E-state index in [4.69, 9.17) is 11.2 Å². The predicted octanol–water partition coefficient (Wildman–Crippen LogP) is 1.35. The fourth-order valence-electron chi connectivity index (χ4n) is 1.52. The van der Waals surface area contributed by atoms with Crippen molar-refractivity contribution in [1.29, 1.82) is 0 Å². The number of nitrogens with one attached hydrogen (secondary N) is 1. The third-order valence-electron chi connectivity index (χ3n) is 2.32. The monoisotopic (exact) mass is 292 g/mol. The van der Waals surface area contributed by atoms with Crippen LogP contribution in [0, 0.1) is 22.5 Å². The summed E-state index contributed by atoms with van der Waals surface area (Å²) in [6, 6.07) is 2.12. The molecule has 1 rings (SSSR count). The number of nitro benzene ring substituents is 1. The Labute approximate surface area is 120 Å². The van der Waals surface area contributed by atoms with Crippen LogP contribution >= 0.6 is 0 Å². The normalized spacial score (nSPS) is 9.38. The van der Waals surface area contributed by atoms with Crippen molar-refractivity contribution in [2.24, 2.45) is 0 Å². The molecule has 0 heterocycles. The van der Waals surface area contributed by atoms with Gasteiger partial charge in [-0.15, -0.1) is 6.42 Å². The summed E-state index contributed by atoms with van der Waals surface area (Å²) in [6.45, 7) is 1.04. The lowest BCUT2D eigenvalue weighted by atomic mass is 10.1. The minimum absolute atomic E-state index is 0.0193. The molecule has 0 aromatic heterocycles. The molecular weight excluding hydrogens is 280 g/mol. The van der Waals surface area contributed by atoms with Crippen LogP contribution in [-0.2, 0) is 9.53 Å². The molecule has 110 valence electrons. The van der Waals surface area contributed by atoms with Crippen LogP contribution in [0.2, 0.25) is 0 Å². The van der Waals surface area contributed by atoms with Crippen molar-refractivity contribution in [3.63, 3.8) is 0 Å². The van der Waals surface area contributed by atoms with Gasteiger partial charge in [-0.05, 0) is 0 Å². The maximum atomic E-state index is 11.6. The second-order valence-electron chi connectivity index (χ2n) is 3.79. The minimum Gasteiger partial charge on any atom is -0.480 e. The smallest absolute Gasteiger partial charge is 0.341 e. The van der Waals surface area contributed by atoms with Crippen molar-refractivity contribution < 1.29 is 24.0 Å². The van der Waals surface area contributed by atoms with Crippen LogP contribution < -0.4 is 10.1 Å². The molecule has 0 fully saturated rings. The lowest BCUT2D eigenvalue weighted by molar-refractivity contribution is -0.384. The van der Waals surface area contributed by atoms with Gasteiger partial charge in [0.15, 0.2) is 0 Å². The van der Waals surface area contributed by atoms with E-state index in [9.17, 15) is 19.7 Å². The molecule has 0 aliphatic rings. The zero-order valence-electron chi connectivity index (χ0n) is 11.3. The number of rotatable bonds is 5. The number of amides is 1. The van der Waals surface area contributed by atoms with Gasteiger partial charge in [-0.25, -0.2) is 4.79 Å². The molecule has 0 radical (unpaired) electrons. The molecule has 0 aliphatic carbocycles. The Balaban J connectivity index is 3.45. The summed E-state index contributed by atoms with van der Waals surface area (Å²) in [5, 5.41) is 13.3. The summed E-state index contributed by atoms with van der Waals surface area (Å²) in [4.78, 5) is 33.0. The van der Waals surface area contributed by atoms with E-state index in [-0.39, 0.29) is 23.6 Å². The summed E-state index contributed by atoms with van der Waals surface area (Å²) in [5.74, 6) is 0.856. The lowest BCUT2D eigenvalue weighted by Gasteiger charge is -2.11. The average molecular weight is 292 g/mol. The molecule has 1 aromatic rings. The van der Waals surface area contributed by atoms with Gasteiger partial charge in [0.25, 0.3) is 5.69 Å². The molecule has 1 amide bonds. The second-order valence-corrected chi connectivity index (χ2v) is 3.79. The quantitative estimate of drug-likeness (QED) is 0.380. The Morgan fingerprint density at radius 1 is 1.48 bits per heavy atom. The Morgan fingerprint density at radius 2 is 2.14 bits per heavy atom. The highest BCUT2D eigenvalue weighted by Crippen LogP contribution is 2.33. The Hall–Kier alpha value is -3.08. The van der Waals surface area contributed by atoms with E-state index < -0.39 is 22.5 Å². The largest absolute Gasteiger partial charge is 0.480 e. The van der Waals surface area contributed by atoms with Gasteiger partial charge in [-0.2, -0.15) is 0 Å². The first-order chi connectivity index (χ1) is 9.90. The molecule has 0 atom stereocenters. The Morgan fingerprint density at radius 3 is 2.62 bits per heavy atom. The number of nitrogens with zero attached hydrogens (tertiary/aromatic N) is 1. The number of ether oxygens (including phenoxy) is 2. The van der Waals surface area contributed by atoms with E-state index >= 15 is 0 Å². The second kappa shape index (κ2) is 6.91. The number of benzene rings is 1. The number of carbonyl (C=O) groups excluding carboxylic acids is 2. The molecule has 0 unspecified atom stereocenters. The lowest BCUT2D eigenvalue weighted by Crippen LogP contribution is -2.12. The van der Waals surface area contributed by atoms with Gasteiger partial charge in [0.05, 0.1) is 12.0 Å². The maximum Gasteiger partial charge on any atom is 0.341 e. The SMILES string of the molecule is C#CCOc1cc(NC(C)=O)c([N+](=O)[O-])cc1C(=O)OC. The first-order valence-corrected chi connectivity index (χ1v) is 5.65. The van der Waals surface area contributed by atoms with Gasteiger partial charge in [0.1, 0.15) is 23.6 Å². The molecule has 8 heteroatoms. The van der Waals surface area contributed by atoms with Crippen molar-refractivity contribution >= 4 is 23.3 Å². The van der Waals surface area contributed by atoms with Gasteiger partial charge in [-0.3, -0.25) is 14.9 Å². The van der Waals surface area contributed by atoms with E-state index in [2.05, 4.69) is 16.0 Å². The van der Waals surface area contributed by atoms with Crippen molar-refractivity contribution in [2.75, 3.05) is 19.0 Å². The highest BCUT2D eigenvalue weighted by atomic mass is 16.6. The fourth-order valence-corrected chi connectivity index (χ4v) is 1.52. The third-order valence-corrected chi connectivity index (χ3v) is 2.32. The van der Waals surface area contributed by atoms with Gasteiger partial charge in [-0.1, -0.05) is 5.92 Å². The van der Waals surface area contributed by atoms with Gasteiger partial charge in [0, 0.05) is 19.1 Å². The Kier molecular flexibility index (Phi) is 5.25. The molecule has 0 bridgehead atoms. The zero-order valence-corrected chi connectivity index (χ0v) is 11.3. The number of hydrogen-bond donors (Lipinski definition) is 1. The first-order valence-electron chi connectivity index (χ1n) is 5.65. The van der Waals surface area contributed by atoms with Gasteiger partial charge >= 0.3 is 5.97 Å². The average Bonchev–Trinajstić information content (AvgIpc) is 2.43. The van der Waals surface area contributed by atoms with Crippen LogP contribution in [0.1, 0.15) is 17.3 Å². The van der Waals surface area contributed by atoms with Crippen molar-refractivity contribution in [3.8, 4) is 18.1 Å². The van der Waals surface area contributed by atoms with Crippen LogP contribution in [0.15, 0.2) is 12.1 Å². The zero-order chi connectivity index (χ0) is 16.0. The summed E-state index contributed by atoms with van der Waals surface area (Å²) in [5.41, 5.74) is -0.723. The molecule has 21 heavy (non-hydrogen) atoms. The number of hydrogen-bond acceptors (Lipinski definition) is 6. The van der Waals surface area contributed by atoms with E-state index in [0.717, 1.165) is 19.2 Å². The predicted molar refractivity (Wildman–Crippen MR) is 73.1 cm³/mol. The molecular formula is C13H12N2O6. The summed E-state index contributed by atoms with van der Waals surface area (Å²) < 4.78 is 9.69. The minimum atomic E-state index is -0.820. The van der Waals surface area contributed by atoms with Gasteiger partial charge < -0.3 is 14.8 Å². The third kappa shape index (κ3) is 3.94. The van der Waals surface area contributed by atoms with Crippen LogP contribution in [-0.4, -0.2) is 30.5 Å². The summed E-state index contributed by atoms with van der Waals surface area (Å²) >= 11 is 0. The summed E-state index contributed by atoms with van der Waals surface area (Å²) in [6.07, 6.45) is 5.06. The number of carbonyl (C=O) groups is 2. The highest BCUT2D eigenvalue weighted by Gasteiger charge is 2.24. The van der Waals surface area contributed by atoms with E-state index in [1.807, 2.05) is 0 Å². The highest BCUT2D eigenvalue weighted by molar-refractivity contribution is 5.97. The van der Waals surface area contributed by atoms with Crippen LogP contribution in [0.5, 0.6) is 5.75 Å². The Bertz CT molecular complexity index is 632. The number of esters is 1. The standard InChI is InChI=1S/C13H12N2O6/c1-4-5-21-12-7-10(14-8(2)16)11(15(18)19)6-9(12)13(17)20-3/h1,6-7H,5H2,2-3H3,(H,14,16). The van der Waals surface area contributed by atoms with E-state index in [1.54, 1.807) is 0 Å². The van der Waals surface area contributed by atoms with E-state index in [0.29, 0.717) is 0 Å². The van der Waals surface area contributed by atoms with E-state index in [1.165, 1.54) is 6.92 Å². The van der Waals surface area contributed by atoms with Crippen LogP contribution in [0.4, 0.5) is 11.4 Å². The number of terminal acetylenes is 1. The molecule has 0 saturated carbocycles. The molecule has 0 spiro atoms. The topological polar surface area (TPSA) is 108 Å². The maximum absolute atomic E-state index is 11.6. The fraction of sp³-hybridized carbons (Fsp3) is 0.231. The van der Waals surface area contributed by atoms with Crippen molar-refractivity contribution in [3.05, 3.63) is 27.8 Å². The van der Waals surface area contributed by atoms with Crippen LogP contribution in [0.3, 0.4) is 0 Å². The van der Waals surface area contributed by atoms with Crippen molar-refractivity contribution in [2.45, 2.75) is 6.92 Å². The van der Waals surface area contributed by atoms with Gasteiger partial charge in [0.2, 0.25) is 5.91 Å². The molecule has 1 aromatic carbocycles. The molecule has 8 nitrogen and oxygen atoms in total. The first kappa shape index (κ1) is 16.0.